The highest BCUT2D eigenvalue weighted by molar-refractivity contribution is 5.87. The Bertz CT molecular complexity index is 844. The Hall–Kier alpha value is -2.80. The lowest BCUT2D eigenvalue weighted by Crippen LogP contribution is -2.09. The van der Waals surface area contributed by atoms with E-state index in [0.717, 1.165) is 16.6 Å². The van der Waals surface area contributed by atoms with Crippen molar-refractivity contribution in [3.63, 3.8) is 0 Å². The predicted molar refractivity (Wildman–Crippen MR) is 83.3 cm³/mol. The number of fused-ring (bicyclic) bond motifs is 1. The van der Waals surface area contributed by atoms with E-state index in [9.17, 15) is 9.65 Å². The molecule has 1 aromatic heterocycles. The van der Waals surface area contributed by atoms with Crippen molar-refractivity contribution < 1.29 is 9.13 Å². The second-order valence-electron chi connectivity index (χ2n) is 5.04. The molecule has 4 heteroatoms. The molecule has 0 unspecified atom stereocenters. The fourth-order valence-corrected chi connectivity index (χ4v) is 2.65. The lowest BCUT2D eigenvalue weighted by atomic mass is 10.1. The fourth-order valence-electron chi connectivity index (χ4n) is 2.65. The summed E-state index contributed by atoms with van der Waals surface area (Å²) in [4.78, 5) is 0. The van der Waals surface area contributed by atoms with E-state index in [2.05, 4.69) is 10.6 Å². The van der Waals surface area contributed by atoms with Crippen molar-refractivity contribution in [3.05, 3.63) is 65.6 Å². The predicted octanol–water partition coefficient (Wildman–Crippen LogP) is 4.04. The average molecular weight is 294 g/mol. The van der Waals surface area contributed by atoms with Gasteiger partial charge < -0.3 is 9.30 Å². The Morgan fingerprint density at radius 1 is 1.14 bits per heavy atom. The van der Waals surface area contributed by atoms with Crippen molar-refractivity contribution in [2.75, 3.05) is 6.61 Å². The van der Waals surface area contributed by atoms with E-state index < -0.39 is 0 Å². The van der Waals surface area contributed by atoms with Crippen molar-refractivity contribution in [1.29, 1.82) is 5.26 Å². The number of rotatable bonds is 4. The first kappa shape index (κ1) is 14.2. The van der Waals surface area contributed by atoms with Crippen LogP contribution >= 0.6 is 0 Å². The molecule has 0 radical (unpaired) electrons. The van der Waals surface area contributed by atoms with Gasteiger partial charge in [-0.1, -0.05) is 18.2 Å². The van der Waals surface area contributed by atoms with E-state index in [1.807, 2.05) is 31.2 Å². The number of ether oxygens (including phenoxy) is 1. The molecule has 0 aliphatic carbocycles. The summed E-state index contributed by atoms with van der Waals surface area (Å²) in [7, 11) is 0. The van der Waals surface area contributed by atoms with Crippen molar-refractivity contribution in [1.82, 2.24) is 4.57 Å². The SMILES string of the molecule is Cc1c(C#N)c2ccccc2n1CCOc1ccc(F)cc1. The first-order chi connectivity index (χ1) is 10.7. The van der Waals surface area contributed by atoms with Gasteiger partial charge in [0.05, 0.1) is 12.1 Å². The molecule has 0 N–H and O–H groups in total. The third-order valence-corrected chi connectivity index (χ3v) is 3.74. The van der Waals surface area contributed by atoms with Crippen LogP contribution in [0.5, 0.6) is 5.75 Å². The van der Waals surface area contributed by atoms with Crippen molar-refractivity contribution in [3.8, 4) is 11.8 Å². The fraction of sp³-hybridized carbons (Fsp3) is 0.167. The zero-order valence-electron chi connectivity index (χ0n) is 12.2. The molecule has 0 spiro atoms. The highest BCUT2D eigenvalue weighted by atomic mass is 19.1. The van der Waals surface area contributed by atoms with Gasteiger partial charge in [-0.05, 0) is 37.3 Å². The van der Waals surface area contributed by atoms with Crippen LogP contribution in [0, 0.1) is 24.1 Å². The molecule has 0 amide bonds. The van der Waals surface area contributed by atoms with E-state index in [4.69, 9.17) is 4.74 Å². The molecule has 3 aromatic rings. The molecule has 3 nitrogen and oxygen atoms in total. The normalized spacial score (nSPS) is 10.6. The zero-order chi connectivity index (χ0) is 15.5. The summed E-state index contributed by atoms with van der Waals surface area (Å²) in [5.41, 5.74) is 2.67. The number of para-hydroxylation sites is 1. The minimum absolute atomic E-state index is 0.279. The van der Waals surface area contributed by atoms with Crippen LogP contribution < -0.4 is 4.74 Å². The molecule has 0 aliphatic heterocycles. The molecule has 22 heavy (non-hydrogen) atoms. The first-order valence-electron chi connectivity index (χ1n) is 7.07. The molecule has 0 bridgehead atoms. The lowest BCUT2D eigenvalue weighted by molar-refractivity contribution is 0.299. The van der Waals surface area contributed by atoms with Gasteiger partial charge in [0.15, 0.2) is 0 Å². The van der Waals surface area contributed by atoms with Crippen LogP contribution in [0.15, 0.2) is 48.5 Å². The molecule has 3 rings (SSSR count). The van der Waals surface area contributed by atoms with E-state index in [1.165, 1.54) is 12.1 Å². The topological polar surface area (TPSA) is 38.0 Å². The van der Waals surface area contributed by atoms with Crippen LogP contribution in [-0.4, -0.2) is 11.2 Å². The minimum Gasteiger partial charge on any atom is -0.492 e. The third kappa shape index (κ3) is 2.53. The Labute approximate surface area is 128 Å². The maximum absolute atomic E-state index is 12.9. The lowest BCUT2D eigenvalue weighted by Gasteiger charge is -2.10. The van der Waals surface area contributed by atoms with Gasteiger partial charge in [0.25, 0.3) is 0 Å². The van der Waals surface area contributed by atoms with E-state index in [-0.39, 0.29) is 5.82 Å². The molecule has 0 saturated heterocycles. The molecule has 1 heterocycles. The van der Waals surface area contributed by atoms with E-state index in [0.29, 0.717) is 24.5 Å². The number of hydrogen-bond donors (Lipinski definition) is 0. The monoisotopic (exact) mass is 294 g/mol. The van der Waals surface area contributed by atoms with Crippen LogP contribution in [0.2, 0.25) is 0 Å². The Morgan fingerprint density at radius 2 is 1.86 bits per heavy atom. The summed E-state index contributed by atoms with van der Waals surface area (Å²) in [6.07, 6.45) is 0. The first-order valence-corrected chi connectivity index (χ1v) is 7.07. The van der Waals surface area contributed by atoms with Gasteiger partial charge in [0, 0.05) is 16.6 Å². The zero-order valence-corrected chi connectivity index (χ0v) is 12.2. The maximum Gasteiger partial charge on any atom is 0.123 e. The smallest absolute Gasteiger partial charge is 0.123 e. The number of aromatic nitrogens is 1. The highest BCUT2D eigenvalue weighted by Gasteiger charge is 2.12. The van der Waals surface area contributed by atoms with Crippen molar-refractivity contribution in [2.24, 2.45) is 0 Å². The van der Waals surface area contributed by atoms with Crippen molar-refractivity contribution in [2.45, 2.75) is 13.5 Å². The molecule has 0 fully saturated rings. The van der Waals surface area contributed by atoms with Crippen LogP contribution in [-0.2, 0) is 6.54 Å². The Kier molecular flexibility index (Phi) is 3.80. The Balaban J connectivity index is 1.81. The van der Waals surface area contributed by atoms with E-state index in [1.54, 1.807) is 12.1 Å². The van der Waals surface area contributed by atoms with Crippen LogP contribution in [0.1, 0.15) is 11.3 Å². The van der Waals surface area contributed by atoms with Crippen LogP contribution in [0.25, 0.3) is 10.9 Å². The summed E-state index contributed by atoms with van der Waals surface area (Å²) in [6, 6.07) is 16.1. The van der Waals surface area contributed by atoms with Gasteiger partial charge in [-0.2, -0.15) is 5.26 Å². The number of hydrogen-bond acceptors (Lipinski definition) is 2. The summed E-state index contributed by atoms with van der Waals surface area (Å²) in [5.74, 6) is 0.356. The summed E-state index contributed by atoms with van der Waals surface area (Å²) in [6.45, 7) is 3.03. The number of nitriles is 1. The Morgan fingerprint density at radius 3 is 2.59 bits per heavy atom. The largest absolute Gasteiger partial charge is 0.492 e. The van der Waals surface area contributed by atoms with Gasteiger partial charge in [0.2, 0.25) is 0 Å². The van der Waals surface area contributed by atoms with Crippen molar-refractivity contribution >= 4 is 10.9 Å². The average Bonchev–Trinajstić information content (AvgIpc) is 2.81. The molecular weight excluding hydrogens is 279 g/mol. The van der Waals surface area contributed by atoms with Gasteiger partial charge in [-0.3, -0.25) is 0 Å². The van der Waals surface area contributed by atoms with Crippen LogP contribution in [0.4, 0.5) is 4.39 Å². The number of nitrogens with zero attached hydrogens (tertiary/aromatic N) is 2. The van der Waals surface area contributed by atoms with Crippen LogP contribution in [0.3, 0.4) is 0 Å². The molecule has 0 atom stereocenters. The maximum atomic E-state index is 12.9. The quantitative estimate of drug-likeness (QED) is 0.728. The highest BCUT2D eigenvalue weighted by Crippen LogP contribution is 2.25. The molecule has 2 aromatic carbocycles. The van der Waals surface area contributed by atoms with Gasteiger partial charge in [0.1, 0.15) is 24.2 Å². The van der Waals surface area contributed by atoms with Gasteiger partial charge >= 0.3 is 0 Å². The molecule has 110 valence electrons. The van der Waals surface area contributed by atoms with Gasteiger partial charge in [-0.25, -0.2) is 4.39 Å². The number of benzene rings is 2. The summed E-state index contributed by atoms with van der Waals surface area (Å²) >= 11 is 0. The summed E-state index contributed by atoms with van der Waals surface area (Å²) in [5, 5.41) is 10.3. The summed E-state index contributed by atoms with van der Waals surface area (Å²) < 4.78 is 20.6. The minimum atomic E-state index is -0.279. The second kappa shape index (κ2) is 5.90. The molecule has 0 aliphatic rings. The van der Waals surface area contributed by atoms with Gasteiger partial charge in [-0.15, -0.1) is 0 Å². The van der Waals surface area contributed by atoms with E-state index >= 15 is 0 Å². The third-order valence-electron chi connectivity index (χ3n) is 3.74. The number of halogens is 1. The molecule has 0 saturated carbocycles. The molecular formula is C18H15FN2O. The standard InChI is InChI=1S/C18H15FN2O/c1-13-17(12-20)16-4-2-3-5-18(16)21(13)10-11-22-15-8-6-14(19)7-9-15/h2-9H,10-11H2,1H3. The second-order valence-corrected chi connectivity index (χ2v) is 5.04.